The van der Waals surface area contributed by atoms with E-state index in [0.717, 1.165) is 6.54 Å². The minimum atomic E-state index is 0.188. The van der Waals surface area contributed by atoms with Crippen molar-refractivity contribution in [3.63, 3.8) is 0 Å². The van der Waals surface area contributed by atoms with Crippen LogP contribution < -0.4 is 5.32 Å². The molecule has 0 aromatic heterocycles. The molecule has 1 N–H and O–H groups in total. The van der Waals surface area contributed by atoms with E-state index in [0.29, 0.717) is 12.3 Å². The van der Waals surface area contributed by atoms with Crippen LogP contribution in [0.5, 0.6) is 0 Å². The summed E-state index contributed by atoms with van der Waals surface area (Å²) in [4.78, 5) is 13.0. The first-order valence-corrected chi connectivity index (χ1v) is 6.79. The van der Waals surface area contributed by atoms with Crippen molar-refractivity contribution in [1.29, 1.82) is 0 Å². The first-order valence-electron chi connectivity index (χ1n) is 5.39. The second-order valence-electron chi connectivity index (χ2n) is 4.36. The van der Waals surface area contributed by atoms with Gasteiger partial charge in [0.25, 0.3) is 0 Å². The summed E-state index contributed by atoms with van der Waals surface area (Å²) in [5.41, 5.74) is 0. The number of nitrogens with one attached hydrogen (secondary N) is 1. The van der Waals surface area contributed by atoms with Crippen LogP contribution in [0.2, 0.25) is 0 Å². The van der Waals surface area contributed by atoms with Gasteiger partial charge in [-0.1, -0.05) is 6.92 Å². The Morgan fingerprint density at radius 1 is 1.40 bits per heavy atom. The maximum atomic E-state index is 11.4. The molecule has 0 aliphatic rings. The van der Waals surface area contributed by atoms with Crippen LogP contribution >= 0.6 is 11.8 Å². The Labute approximate surface area is 98.0 Å². The molecule has 0 heterocycles. The molecule has 0 rings (SSSR count). The molecule has 0 aliphatic heterocycles. The molecule has 0 aromatic carbocycles. The summed E-state index contributed by atoms with van der Waals surface area (Å²) < 4.78 is 0. The number of hydrogen-bond donors (Lipinski definition) is 1. The monoisotopic (exact) mass is 232 g/mol. The molecule has 0 aliphatic carbocycles. The molecule has 0 saturated carbocycles. The Kier molecular flexibility index (Phi) is 7.88. The molecule has 0 saturated heterocycles. The maximum Gasteiger partial charge on any atom is 0.223 e. The van der Waals surface area contributed by atoms with Gasteiger partial charge in [0.2, 0.25) is 5.91 Å². The molecule has 3 nitrogen and oxygen atoms in total. The molecular weight excluding hydrogens is 208 g/mol. The van der Waals surface area contributed by atoms with Gasteiger partial charge >= 0.3 is 0 Å². The zero-order chi connectivity index (χ0) is 11.8. The average Bonchev–Trinajstić information content (AvgIpc) is 2.15. The Bertz CT molecular complexity index is 185. The summed E-state index contributed by atoms with van der Waals surface area (Å²) >= 11 is 1.87. The van der Waals surface area contributed by atoms with Crippen LogP contribution in [0.1, 0.15) is 20.3 Å². The molecule has 15 heavy (non-hydrogen) atoms. The fraction of sp³-hybridized carbons (Fsp3) is 0.909. The lowest BCUT2D eigenvalue weighted by Gasteiger charge is -2.18. The van der Waals surface area contributed by atoms with Gasteiger partial charge in [0.1, 0.15) is 0 Å². The van der Waals surface area contributed by atoms with E-state index in [2.05, 4.69) is 25.4 Å². The Morgan fingerprint density at radius 3 is 2.47 bits per heavy atom. The largest absolute Gasteiger partial charge is 0.349 e. The number of carbonyl (C=O) groups is 1. The number of carbonyl (C=O) groups excluding carboxylic acids is 1. The van der Waals surface area contributed by atoms with Crippen molar-refractivity contribution in [3.05, 3.63) is 0 Å². The van der Waals surface area contributed by atoms with Crippen molar-refractivity contribution in [2.24, 2.45) is 5.92 Å². The van der Waals surface area contributed by atoms with E-state index in [4.69, 9.17) is 0 Å². The van der Waals surface area contributed by atoms with E-state index in [1.165, 1.54) is 5.75 Å². The summed E-state index contributed by atoms with van der Waals surface area (Å²) in [6.07, 6.45) is 2.70. The third kappa shape index (κ3) is 7.68. The molecule has 2 atom stereocenters. The number of rotatable bonds is 7. The van der Waals surface area contributed by atoms with Crippen LogP contribution in [0.25, 0.3) is 0 Å². The maximum absolute atomic E-state index is 11.4. The molecule has 0 fully saturated rings. The fourth-order valence-corrected chi connectivity index (χ4v) is 1.95. The average molecular weight is 232 g/mol. The van der Waals surface area contributed by atoms with Gasteiger partial charge in [-0.05, 0) is 31.4 Å². The topological polar surface area (TPSA) is 32.3 Å². The van der Waals surface area contributed by atoms with Crippen molar-refractivity contribution in [1.82, 2.24) is 10.2 Å². The highest BCUT2D eigenvalue weighted by molar-refractivity contribution is 7.98. The number of thioether (sulfide) groups is 1. The van der Waals surface area contributed by atoms with E-state index in [9.17, 15) is 4.79 Å². The van der Waals surface area contributed by atoms with Gasteiger partial charge in [-0.25, -0.2) is 0 Å². The molecule has 0 radical (unpaired) electrons. The first kappa shape index (κ1) is 14.8. The van der Waals surface area contributed by atoms with Crippen molar-refractivity contribution in [3.8, 4) is 0 Å². The SMILES string of the molecule is CSCC(C)CNC(C)CC(=O)N(C)C. The van der Waals surface area contributed by atoms with Crippen LogP contribution in [0.3, 0.4) is 0 Å². The van der Waals surface area contributed by atoms with Gasteiger partial charge in [0.15, 0.2) is 0 Å². The van der Waals surface area contributed by atoms with Gasteiger partial charge in [0, 0.05) is 26.6 Å². The molecule has 4 heteroatoms. The molecule has 0 aromatic rings. The van der Waals surface area contributed by atoms with Crippen LogP contribution in [0.4, 0.5) is 0 Å². The molecule has 0 spiro atoms. The van der Waals surface area contributed by atoms with E-state index in [-0.39, 0.29) is 11.9 Å². The summed E-state index contributed by atoms with van der Waals surface area (Å²) in [6, 6.07) is 0.268. The highest BCUT2D eigenvalue weighted by Crippen LogP contribution is 2.03. The molecule has 90 valence electrons. The third-order valence-electron chi connectivity index (χ3n) is 2.25. The lowest BCUT2D eigenvalue weighted by molar-refractivity contribution is -0.129. The molecular formula is C11H24N2OS. The highest BCUT2D eigenvalue weighted by Gasteiger charge is 2.11. The van der Waals surface area contributed by atoms with Gasteiger partial charge in [-0.2, -0.15) is 11.8 Å². The number of nitrogens with zero attached hydrogens (tertiary/aromatic N) is 1. The smallest absolute Gasteiger partial charge is 0.223 e. The Morgan fingerprint density at radius 2 is 2.00 bits per heavy atom. The van der Waals surface area contributed by atoms with E-state index in [1.54, 1.807) is 19.0 Å². The van der Waals surface area contributed by atoms with Gasteiger partial charge < -0.3 is 10.2 Å². The van der Waals surface area contributed by atoms with Crippen LogP contribution in [-0.2, 0) is 4.79 Å². The molecule has 0 bridgehead atoms. The normalized spacial score (nSPS) is 14.7. The lowest BCUT2D eigenvalue weighted by atomic mass is 10.1. The van der Waals surface area contributed by atoms with E-state index in [1.807, 2.05) is 11.8 Å². The third-order valence-corrected chi connectivity index (χ3v) is 3.15. The van der Waals surface area contributed by atoms with Crippen LogP contribution in [0.15, 0.2) is 0 Å². The Balaban J connectivity index is 3.65. The van der Waals surface area contributed by atoms with Crippen molar-refractivity contribution in [2.75, 3.05) is 32.6 Å². The van der Waals surface area contributed by atoms with Crippen LogP contribution in [0, 0.1) is 5.92 Å². The molecule has 2 unspecified atom stereocenters. The minimum absolute atomic E-state index is 0.188. The predicted molar refractivity (Wildman–Crippen MR) is 68.3 cm³/mol. The first-order chi connectivity index (χ1) is 6.97. The lowest BCUT2D eigenvalue weighted by Crippen LogP contribution is -2.35. The summed E-state index contributed by atoms with van der Waals surface area (Å²) in [5, 5.41) is 3.39. The van der Waals surface area contributed by atoms with Crippen molar-refractivity contribution >= 4 is 17.7 Å². The highest BCUT2D eigenvalue weighted by atomic mass is 32.2. The fourth-order valence-electron chi connectivity index (χ4n) is 1.26. The van der Waals surface area contributed by atoms with Gasteiger partial charge in [0.05, 0.1) is 0 Å². The summed E-state index contributed by atoms with van der Waals surface area (Å²) in [7, 11) is 3.59. The Hall–Kier alpha value is -0.220. The van der Waals surface area contributed by atoms with Gasteiger partial charge in [-0.3, -0.25) is 4.79 Å². The van der Waals surface area contributed by atoms with Crippen molar-refractivity contribution in [2.45, 2.75) is 26.3 Å². The second-order valence-corrected chi connectivity index (χ2v) is 5.27. The summed E-state index contributed by atoms with van der Waals surface area (Å²) in [6.45, 7) is 5.28. The van der Waals surface area contributed by atoms with E-state index >= 15 is 0 Å². The minimum Gasteiger partial charge on any atom is -0.349 e. The number of hydrogen-bond acceptors (Lipinski definition) is 3. The van der Waals surface area contributed by atoms with Crippen LogP contribution in [-0.4, -0.2) is 49.5 Å². The van der Waals surface area contributed by atoms with E-state index < -0.39 is 0 Å². The number of amides is 1. The quantitative estimate of drug-likeness (QED) is 0.721. The zero-order valence-electron chi connectivity index (χ0n) is 10.5. The molecule has 1 amide bonds. The standard InChI is InChI=1S/C11H24N2OS/c1-9(8-15-5)7-12-10(2)6-11(14)13(3)4/h9-10,12H,6-8H2,1-5H3. The van der Waals surface area contributed by atoms with Crippen molar-refractivity contribution < 1.29 is 4.79 Å². The summed E-state index contributed by atoms with van der Waals surface area (Å²) in [5.74, 6) is 2.02. The second kappa shape index (κ2) is 7.99. The predicted octanol–water partition coefficient (Wildman–Crippen LogP) is 1.44. The zero-order valence-corrected chi connectivity index (χ0v) is 11.4. The van der Waals surface area contributed by atoms with Gasteiger partial charge in [-0.15, -0.1) is 0 Å².